The van der Waals surface area contributed by atoms with E-state index >= 15 is 0 Å². The van der Waals surface area contributed by atoms with E-state index in [1.54, 1.807) is 67.8 Å². The van der Waals surface area contributed by atoms with Crippen molar-refractivity contribution in [2.45, 2.75) is 6.04 Å². The van der Waals surface area contributed by atoms with Crippen LogP contribution in [0.15, 0.2) is 60.7 Å². The topological polar surface area (TPSA) is 86.8 Å². The van der Waals surface area contributed by atoms with Crippen molar-refractivity contribution < 1.29 is 33.3 Å². The molecule has 1 atom stereocenters. The number of carbonyl (C=O) groups excluding carboxylic acids is 2. The lowest BCUT2D eigenvalue weighted by Crippen LogP contribution is -2.56. The van der Waals surface area contributed by atoms with E-state index in [0.29, 0.717) is 72.1 Å². The number of anilines is 2. The molecule has 0 aromatic heterocycles. The Bertz CT molecular complexity index is 1320. The Morgan fingerprint density at radius 3 is 1.89 bits per heavy atom. The Balaban J connectivity index is 1.41. The molecule has 2 amide bonds. The first-order valence-corrected chi connectivity index (χ1v) is 11.7. The van der Waals surface area contributed by atoms with Crippen molar-refractivity contribution in [2.75, 3.05) is 49.9 Å². The van der Waals surface area contributed by atoms with Gasteiger partial charge in [-0.15, -0.1) is 0 Å². The minimum atomic E-state index is -0.895. The molecule has 3 aromatic carbocycles. The van der Waals surface area contributed by atoms with E-state index in [0.717, 1.165) is 0 Å². The predicted molar refractivity (Wildman–Crippen MR) is 130 cm³/mol. The van der Waals surface area contributed by atoms with Gasteiger partial charge < -0.3 is 28.6 Å². The minimum Gasteiger partial charge on any atom is -0.497 e. The van der Waals surface area contributed by atoms with Gasteiger partial charge in [0.25, 0.3) is 5.91 Å². The molecule has 3 aromatic rings. The van der Waals surface area contributed by atoms with Crippen LogP contribution < -0.4 is 33.5 Å². The molecule has 184 valence electrons. The maximum Gasteiger partial charge on any atom is 0.255 e. The van der Waals surface area contributed by atoms with Crippen LogP contribution in [-0.4, -0.2) is 51.9 Å². The van der Waals surface area contributed by atoms with Crippen LogP contribution in [0.4, 0.5) is 11.4 Å². The summed E-state index contributed by atoms with van der Waals surface area (Å²) in [7, 11) is 1.58. The van der Waals surface area contributed by atoms with E-state index in [-0.39, 0.29) is 18.4 Å². The second-order valence-electron chi connectivity index (χ2n) is 8.52. The third kappa shape index (κ3) is 3.82. The number of carbonyl (C=O) groups is 2. The third-order valence-electron chi connectivity index (χ3n) is 6.39. The van der Waals surface area contributed by atoms with Crippen LogP contribution in [0, 0.1) is 0 Å². The van der Waals surface area contributed by atoms with Crippen LogP contribution in [0.1, 0.15) is 11.6 Å². The summed E-state index contributed by atoms with van der Waals surface area (Å²) >= 11 is 0. The van der Waals surface area contributed by atoms with Crippen LogP contribution in [-0.2, 0) is 9.59 Å². The van der Waals surface area contributed by atoms with Crippen molar-refractivity contribution >= 4 is 23.2 Å². The Morgan fingerprint density at radius 2 is 1.28 bits per heavy atom. The number of nitrogens with zero attached hydrogens (tertiary/aromatic N) is 2. The Hall–Kier alpha value is -4.40. The van der Waals surface area contributed by atoms with Gasteiger partial charge >= 0.3 is 0 Å². The molecule has 0 bridgehead atoms. The lowest BCUT2D eigenvalue weighted by Gasteiger charge is -2.41. The first-order chi connectivity index (χ1) is 17.6. The summed E-state index contributed by atoms with van der Waals surface area (Å²) in [5, 5.41) is 0. The summed E-state index contributed by atoms with van der Waals surface area (Å²) in [5.41, 5.74) is 1.78. The summed E-state index contributed by atoms with van der Waals surface area (Å²) < 4.78 is 28.0. The van der Waals surface area contributed by atoms with Gasteiger partial charge in [-0.05, 0) is 42.0 Å². The van der Waals surface area contributed by atoms with Gasteiger partial charge in [0.1, 0.15) is 44.8 Å². The summed E-state index contributed by atoms with van der Waals surface area (Å²) in [6.45, 7) is 1.66. The summed E-state index contributed by atoms with van der Waals surface area (Å²) in [6.07, 6.45) is 0. The standard InChI is InChI=1S/C27H24N2O7/c1-32-20-6-2-17(3-7-20)26-27(31)28(18-4-8-21-23(14-18)35-12-10-33-21)16-25(30)29(26)19-5-9-22-24(15-19)36-13-11-34-22/h2-9,14-15,26H,10-13,16H2,1H3. The first kappa shape index (κ1) is 22.1. The molecule has 0 saturated carbocycles. The molecule has 9 heteroatoms. The lowest BCUT2D eigenvalue weighted by atomic mass is 9.99. The zero-order valence-corrected chi connectivity index (χ0v) is 19.6. The number of fused-ring (bicyclic) bond motifs is 2. The summed E-state index contributed by atoms with van der Waals surface area (Å²) in [6, 6.07) is 16.8. The number of hydrogen-bond donors (Lipinski definition) is 0. The molecule has 3 aliphatic rings. The summed E-state index contributed by atoms with van der Waals surface area (Å²) in [5.74, 6) is 2.50. The maximum atomic E-state index is 14.0. The number of hydrogen-bond acceptors (Lipinski definition) is 7. The minimum absolute atomic E-state index is 0.125. The second kappa shape index (κ2) is 8.99. The van der Waals surface area contributed by atoms with Gasteiger partial charge in [0.15, 0.2) is 23.0 Å². The van der Waals surface area contributed by atoms with E-state index in [4.69, 9.17) is 23.7 Å². The quantitative estimate of drug-likeness (QED) is 0.557. The van der Waals surface area contributed by atoms with Crippen LogP contribution >= 0.6 is 0 Å². The van der Waals surface area contributed by atoms with Crippen molar-refractivity contribution in [3.05, 3.63) is 66.2 Å². The number of benzene rings is 3. The fourth-order valence-electron chi connectivity index (χ4n) is 4.66. The van der Waals surface area contributed by atoms with E-state index in [1.807, 2.05) is 0 Å². The van der Waals surface area contributed by atoms with Crippen molar-refractivity contribution in [1.29, 1.82) is 0 Å². The van der Waals surface area contributed by atoms with Gasteiger partial charge in [-0.1, -0.05) is 12.1 Å². The number of amides is 2. The molecule has 1 unspecified atom stereocenters. The van der Waals surface area contributed by atoms with Crippen LogP contribution in [0.3, 0.4) is 0 Å². The number of ether oxygens (including phenoxy) is 5. The van der Waals surface area contributed by atoms with Crippen molar-refractivity contribution in [3.8, 4) is 28.7 Å². The van der Waals surface area contributed by atoms with Crippen molar-refractivity contribution in [1.82, 2.24) is 0 Å². The highest BCUT2D eigenvalue weighted by Crippen LogP contribution is 2.41. The van der Waals surface area contributed by atoms with E-state index in [1.165, 1.54) is 9.80 Å². The van der Waals surface area contributed by atoms with Gasteiger partial charge in [-0.3, -0.25) is 14.5 Å². The normalized spacial score (nSPS) is 18.8. The van der Waals surface area contributed by atoms with E-state index in [2.05, 4.69) is 0 Å². The maximum absolute atomic E-state index is 14.0. The molecule has 36 heavy (non-hydrogen) atoms. The molecule has 0 spiro atoms. The molecular weight excluding hydrogens is 464 g/mol. The fourth-order valence-corrected chi connectivity index (χ4v) is 4.66. The highest BCUT2D eigenvalue weighted by atomic mass is 16.6. The zero-order valence-electron chi connectivity index (χ0n) is 19.6. The molecule has 1 saturated heterocycles. The average Bonchev–Trinajstić information content (AvgIpc) is 2.93. The SMILES string of the molecule is COc1ccc(C2C(=O)N(c3ccc4c(c3)OCCO4)CC(=O)N2c2ccc3c(c2)OCCO3)cc1. The largest absolute Gasteiger partial charge is 0.497 e. The molecule has 0 N–H and O–H groups in total. The zero-order chi connectivity index (χ0) is 24.6. The highest BCUT2D eigenvalue weighted by Gasteiger charge is 2.42. The Morgan fingerprint density at radius 1 is 0.722 bits per heavy atom. The lowest BCUT2D eigenvalue weighted by molar-refractivity contribution is -0.128. The van der Waals surface area contributed by atoms with E-state index in [9.17, 15) is 9.59 Å². The van der Waals surface area contributed by atoms with Crippen LogP contribution in [0.2, 0.25) is 0 Å². The van der Waals surface area contributed by atoms with Gasteiger partial charge in [0.05, 0.1) is 7.11 Å². The molecule has 9 nitrogen and oxygen atoms in total. The molecule has 3 aliphatic heterocycles. The fraction of sp³-hybridized carbons (Fsp3) is 0.259. The monoisotopic (exact) mass is 488 g/mol. The van der Waals surface area contributed by atoms with Gasteiger partial charge in [-0.2, -0.15) is 0 Å². The molecular formula is C27H24N2O7. The number of rotatable bonds is 4. The van der Waals surface area contributed by atoms with Crippen molar-refractivity contribution in [2.24, 2.45) is 0 Å². The van der Waals surface area contributed by atoms with Crippen LogP contribution in [0.25, 0.3) is 0 Å². The first-order valence-electron chi connectivity index (χ1n) is 11.7. The van der Waals surface area contributed by atoms with Crippen LogP contribution in [0.5, 0.6) is 28.7 Å². The molecule has 3 heterocycles. The third-order valence-corrected chi connectivity index (χ3v) is 6.39. The highest BCUT2D eigenvalue weighted by molar-refractivity contribution is 6.14. The molecule has 1 fully saturated rings. The Kier molecular flexibility index (Phi) is 5.52. The van der Waals surface area contributed by atoms with Gasteiger partial charge in [0.2, 0.25) is 5.91 Å². The van der Waals surface area contributed by atoms with Gasteiger partial charge in [0, 0.05) is 23.5 Å². The number of methoxy groups -OCH3 is 1. The van der Waals surface area contributed by atoms with Crippen molar-refractivity contribution in [3.63, 3.8) is 0 Å². The Labute approximate surface area is 207 Å². The van der Waals surface area contributed by atoms with Gasteiger partial charge in [-0.25, -0.2) is 0 Å². The number of piperazine rings is 1. The smallest absolute Gasteiger partial charge is 0.255 e. The molecule has 0 aliphatic carbocycles. The second-order valence-corrected chi connectivity index (χ2v) is 8.52. The molecule has 6 rings (SSSR count). The van der Waals surface area contributed by atoms with E-state index < -0.39 is 6.04 Å². The average molecular weight is 488 g/mol. The summed E-state index contributed by atoms with van der Waals surface area (Å²) in [4.78, 5) is 30.7. The predicted octanol–water partition coefficient (Wildman–Crippen LogP) is 3.36. The molecule has 0 radical (unpaired) electrons.